The fourth-order valence-corrected chi connectivity index (χ4v) is 1.83. The van der Waals surface area contributed by atoms with Gasteiger partial charge in [0.25, 0.3) is 5.91 Å². The molecule has 5 nitrogen and oxygen atoms in total. The zero-order chi connectivity index (χ0) is 13.7. The number of hydrogen-bond acceptors (Lipinski definition) is 4. The standard InChI is InChI=1S/C14H20N2O3/c1-18-11-5-6-13(19-2)12(9-11)14(17)16-8-7-15-10-3-4-10/h5-6,9-10,15H,3-4,7-8H2,1-2H3,(H,16,17). The van der Waals surface area contributed by atoms with E-state index in [1.165, 1.54) is 12.8 Å². The summed E-state index contributed by atoms with van der Waals surface area (Å²) in [6.07, 6.45) is 2.50. The van der Waals surface area contributed by atoms with Crippen LogP contribution in [0.25, 0.3) is 0 Å². The number of carbonyl (C=O) groups is 1. The second kappa shape index (κ2) is 6.43. The maximum Gasteiger partial charge on any atom is 0.255 e. The number of ether oxygens (including phenoxy) is 2. The molecular formula is C14H20N2O3. The SMILES string of the molecule is COc1ccc(OC)c(C(=O)NCCNC2CC2)c1. The Morgan fingerprint density at radius 1 is 1.26 bits per heavy atom. The normalized spacial score (nSPS) is 14.0. The predicted octanol–water partition coefficient (Wildman–Crippen LogP) is 1.19. The number of methoxy groups -OCH3 is 2. The Morgan fingerprint density at radius 3 is 2.68 bits per heavy atom. The minimum atomic E-state index is -0.145. The van der Waals surface area contributed by atoms with Gasteiger partial charge in [-0.2, -0.15) is 0 Å². The van der Waals surface area contributed by atoms with Crippen LogP contribution in [0.3, 0.4) is 0 Å². The number of amides is 1. The lowest BCUT2D eigenvalue weighted by atomic mass is 10.1. The fraction of sp³-hybridized carbons (Fsp3) is 0.500. The summed E-state index contributed by atoms with van der Waals surface area (Å²) in [5.41, 5.74) is 0.494. The van der Waals surface area contributed by atoms with Crippen molar-refractivity contribution in [3.63, 3.8) is 0 Å². The van der Waals surface area contributed by atoms with E-state index in [-0.39, 0.29) is 5.91 Å². The van der Waals surface area contributed by atoms with Gasteiger partial charge in [0.05, 0.1) is 19.8 Å². The smallest absolute Gasteiger partial charge is 0.255 e. The largest absolute Gasteiger partial charge is 0.497 e. The highest BCUT2D eigenvalue weighted by Gasteiger charge is 2.20. The van der Waals surface area contributed by atoms with Crippen molar-refractivity contribution in [3.8, 4) is 11.5 Å². The van der Waals surface area contributed by atoms with E-state index in [0.717, 1.165) is 6.54 Å². The summed E-state index contributed by atoms with van der Waals surface area (Å²) in [4.78, 5) is 12.1. The van der Waals surface area contributed by atoms with Crippen LogP contribution in [-0.2, 0) is 0 Å². The van der Waals surface area contributed by atoms with Crippen molar-refractivity contribution in [1.29, 1.82) is 0 Å². The average Bonchev–Trinajstić information content (AvgIpc) is 3.26. The van der Waals surface area contributed by atoms with E-state index in [4.69, 9.17) is 9.47 Å². The number of carbonyl (C=O) groups excluding carboxylic acids is 1. The first kappa shape index (κ1) is 13.7. The molecule has 2 rings (SSSR count). The Bertz CT molecular complexity index is 444. The third-order valence-electron chi connectivity index (χ3n) is 3.07. The molecule has 0 radical (unpaired) electrons. The van der Waals surface area contributed by atoms with Gasteiger partial charge in [0.15, 0.2) is 0 Å². The van der Waals surface area contributed by atoms with Crippen LogP contribution in [0.2, 0.25) is 0 Å². The van der Waals surface area contributed by atoms with Gasteiger partial charge >= 0.3 is 0 Å². The van der Waals surface area contributed by atoms with Crippen LogP contribution in [0.15, 0.2) is 18.2 Å². The highest BCUT2D eigenvalue weighted by atomic mass is 16.5. The molecule has 19 heavy (non-hydrogen) atoms. The molecule has 5 heteroatoms. The molecule has 1 aromatic carbocycles. The maximum absolute atomic E-state index is 12.1. The van der Waals surface area contributed by atoms with Crippen molar-refractivity contribution < 1.29 is 14.3 Å². The summed E-state index contributed by atoms with van der Waals surface area (Å²) in [6, 6.07) is 5.84. The average molecular weight is 264 g/mol. The van der Waals surface area contributed by atoms with Crippen LogP contribution in [0, 0.1) is 0 Å². The van der Waals surface area contributed by atoms with Gasteiger partial charge in [0.1, 0.15) is 11.5 Å². The van der Waals surface area contributed by atoms with Crippen molar-refractivity contribution in [2.75, 3.05) is 27.3 Å². The van der Waals surface area contributed by atoms with E-state index in [1.807, 2.05) is 0 Å². The van der Waals surface area contributed by atoms with Crippen molar-refractivity contribution in [1.82, 2.24) is 10.6 Å². The van der Waals surface area contributed by atoms with Crippen molar-refractivity contribution in [2.45, 2.75) is 18.9 Å². The first-order valence-electron chi connectivity index (χ1n) is 6.48. The molecule has 0 saturated heterocycles. The molecule has 1 aromatic rings. The second-order valence-corrected chi connectivity index (χ2v) is 4.55. The molecule has 1 aliphatic carbocycles. The maximum atomic E-state index is 12.1. The predicted molar refractivity (Wildman–Crippen MR) is 72.9 cm³/mol. The summed E-state index contributed by atoms with van der Waals surface area (Å²) >= 11 is 0. The molecule has 2 N–H and O–H groups in total. The van der Waals surface area contributed by atoms with Crippen LogP contribution in [0.4, 0.5) is 0 Å². The van der Waals surface area contributed by atoms with Gasteiger partial charge in [0.2, 0.25) is 0 Å². The first-order chi connectivity index (χ1) is 9.24. The number of rotatable bonds is 7. The van der Waals surface area contributed by atoms with Gasteiger partial charge in [-0.3, -0.25) is 4.79 Å². The van der Waals surface area contributed by atoms with Crippen LogP contribution in [-0.4, -0.2) is 39.3 Å². The minimum absolute atomic E-state index is 0.145. The van der Waals surface area contributed by atoms with E-state index in [9.17, 15) is 4.79 Å². The van der Waals surface area contributed by atoms with Crippen LogP contribution >= 0.6 is 0 Å². The van der Waals surface area contributed by atoms with Gasteiger partial charge in [-0.05, 0) is 31.0 Å². The molecule has 0 spiro atoms. The summed E-state index contributed by atoms with van der Waals surface area (Å²) in [7, 11) is 3.12. The molecule has 1 amide bonds. The number of hydrogen-bond donors (Lipinski definition) is 2. The van der Waals surface area contributed by atoms with Gasteiger partial charge in [-0.15, -0.1) is 0 Å². The molecule has 0 aliphatic heterocycles. The molecule has 0 aromatic heterocycles. The molecule has 0 unspecified atom stereocenters. The first-order valence-corrected chi connectivity index (χ1v) is 6.48. The van der Waals surface area contributed by atoms with E-state index < -0.39 is 0 Å². The fourth-order valence-electron chi connectivity index (χ4n) is 1.83. The lowest BCUT2D eigenvalue weighted by molar-refractivity contribution is 0.0950. The molecule has 0 atom stereocenters. The molecule has 1 saturated carbocycles. The molecule has 104 valence electrons. The Kier molecular flexibility index (Phi) is 4.63. The monoisotopic (exact) mass is 264 g/mol. The summed E-state index contributed by atoms with van der Waals surface area (Å²) in [5.74, 6) is 1.05. The Morgan fingerprint density at radius 2 is 2.05 bits per heavy atom. The Hall–Kier alpha value is -1.75. The van der Waals surface area contributed by atoms with E-state index in [1.54, 1.807) is 32.4 Å². The van der Waals surface area contributed by atoms with Crippen molar-refractivity contribution >= 4 is 5.91 Å². The van der Waals surface area contributed by atoms with Gasteiger partial charge < -0.3 is 20.1 Å². The zero-order valence-electron chi connectivity index (χ0n) is 11.4. The lowest BCUT2D eigenvalue weighted by Crippen LogP contribution is -2.32. The topological polar surface area (TPSA) is 59.6 Å². The zero-order valence-corrected chi connectivity index (χ0v) is 11.4. The van der Waals surface area contributed by atoms with Crippen LogP contribution < -0.4 is 20.1 Å². The Labute approximate surface area is 113 Å². The van der Waals surface area contributed by atoms with Gasteiger partial charge in [0, 0.05) is 19.1 Å². The number of nitrogens with one attached hydrogen (secondary N) is 2. The summed E-state index contributed by atoms with van der Waals surface area (Å²) in [5, 5.41) is 6.22. The summed E-state index contributed by atoms with van der Waals surface area (Å²) in [6.45, 7) is 1.40. The van der Waals surface area contributed by atoms with E-state index in [0.29, 0.717) is 29.6 Å². The van der Waals surface area contributed by atoms with Crippen molar-refractivity contribution in [3.05, 3.63) is 23.8 Å². The second-order valence-electron chi connectivity index (χ2n) is 4.55. The highest BCUT2D eigenvalue weighted by molar-refractivity contribution is 5.97. The Balaban J connectivity index is 1.91. The summed E-state index contributed by atoms with van der Waals surface area (Å²) < 4.78 is 10.3. The van der Waals surface area contributed by atoms with Gasteiger partial charge in [-0.25, -0.2) is 0 Å². The lowest BCUT2D eigenvalue weighted by Gasteiger charge is -2.11. The molecule has 0 bridgehead atoms. The quantitative estimate of drug-likeness (QED) is 0.726. The number of benzene rings is 1. The van der Waals surface area contributed by atoms with Crippen molar-refractivity contribution in [2.24, 2.45) is 0 Å². The third-order valence-corrected chi connectivity index (χ3v) is 3.07. The highest BCUT2D eigenvalue weighted by Crippen LogP contribution is 2.23. The molecule has 0 heterocycles. The van der Waals surface area contributed by atoms with Gasteiger partial charge in [-0.1, -0.05) is 0 Å². The molecule has 1 fully saturated rings. The molecular weight excluding hydrogens is 244 g/mol. The van der Waals surface area contributed by atoms with E-state index in [2.05, 4.69) is 10.6 Å². The molecule has 1 aliphatic rings. The van der Waals surface area contributed by atoms with E-state index >= 15 is 0 Å². The third kappa shape index (κ3) is 3.86. The van der Waals surface area contributed by atoms with Crippen LogP contribution in [0.5, 0.6) is 11.5 Å². The minimum Gasteiger partial charge on any atom is -0.497 e. The van der Waals surface area contributed by atoms with Crippen LogP contribution in [0.1, 0.15) is 23.2 Å².